The van der Waals surface area contributed by atoms with Crippen LogP contribution in [0.5, 0.6) is 0 Å². The van der Waals surface area contributed by atoms with Crippen molar-refractivity contribution in [2.75, 3.05) is 0 Å². The van der Waals surface area contributed by atoms with Crippen molar-refractivity contribution < 1.29 is 0 Å². The summed E-state index contributed by atoms with van der Waals surface area (Å²) in [5, 5.41) is 1.41. The van der Waals surface area contributed by atoms with Gasteiger partial charge in [-0.1, -0.05) is 23.9 Å². The summed E-state index contributed by atoms with van der Waals surface area (Å²) in [6.45, 7) is 6.48. The number of imidazole rings is 1. The lowest BCUT2D eigenvalue weighted by atomic mass is 10.2. The third-order valence-electron chi connectivity index (χ3n) is 5.38. The molecule has 0 aliphatic rings. The first-order valence-electron chi connectivity index (χ1n) is 9.97. The zero-order valence-corrected chi connectivity index (χ0v) is 19.1. The van der Waals surface area contributed by atoms with Crippen LogP contribution in [0.3, 0.4) is 0 Å². The Hall–Kier alpha value is -2.97. The number of hydrogen-bond donors (Lipinski definition) is 0. The molecule has 0 bridgehead atoms. The number of hydrogen-bond acceptors (Lipinski definition) is 6. The lowest BCUT2D eigenvalue weighted by molar-refractivity contribution is 0.647. The number of rotatable bonds is 5. The highest BCUT2D eigenvalue weighted by Crippen LogP contribution is 2.29. The molecule has 0 N–H and O–H groups in total. The van der Waals surface area contributed by atoms with Crippen LogP contribution in [0.4, 0.5) is 0 Å². The van der Waals surface area contributed by atoms with Crippen molar-refractivity contribution in [2.24, 2.45) is 0 Å². The summed E-state index contributed by atoms with van der Waals surface area (Å²) in [4.78, 5) is 29.4. The van der Waals surface area contributed by atoms with Crippen LogP contribution in [-0.2, 0) is 12.3 Å². The number of nitrogens with zero attached hydrogens (tertiary/aromatic N) is 5. The molecule has 0 radical (unpaired) electrons. The number of thioether (sulfide) groups is 1. The lowest BCUT2D eigenvalue weighted by Gasteiger charge is -2.11. The summed E-state index contributed by atoms with van der Waals surface area (Å²) in [5.74, 6) is 0.630. The van der Waals surface area contributed by atoms with Gasteiger partial charge in [-0.2, -0.15) is 0 Å². The van der Waals surface area contributed by atoms with Crippen molar-refractivity contribution in [3.8, 4) is 0 Å². The maximum atomic E-state index is 13.5. The average Bonchev–Trinajstić information content (AvgIpc) is 3.31. The van der Waals surface area contributed by atoms with Crippen molar-refractivity contribution >= 4 is 39.0 Å². The summed E-state index contributed by atoms with van der Waals surface area (Å²) in [6.07, 6.45) is 5.79. The van der Waals surface area contributed by atoms with Gasteiger partial charge in [0.1, 0.15) is 10.5 Å². The van der Waals surface area contributed by atoms with E-state index in [9.17, 15) is 4.79 Å². The van der Waals surface area contributed by atoms with Gasteiger partial charge in [0.05, 0.1) is 23.3 Å². The normalized spacial score (nSPS) is 11.6. The Morgan fingerprint density at radius 3 is 2.71 bits per heavy atom. The molecule has 6 nitrogen and oxygen atoms in total. The van der Waals surface area contributed by atoms with Crippen LogP contribution in [0.1, 0.15) is 27.4 Å². The molecule has 5 aromatic heterocycles. The molecular formula is C23H21N5OS2. The molecule has 8 heteroatoms. The minimum atomic E-state index is -0.00847. The Balaban J connectivity index is 1.56. The third-order valence-corrected chi connectivity index (χ3v) is 7.49. The maximum Gasteiger partial charge on any atom is 0.263 e. The fourth-order valence-electron chi connectivity index (χ4n) is 3.62. The van der Waals surface area contributed by atoms with E-state index in [4.69, 9.17) is 9.97 Å². The number of fused-ring (bicyclic) bond motifs is 2. The fraction of sp³-hybridized carbons (Fsp3) is 0.217. The second-order valence-corrected chi connectivity index (χ2v) is 9.66. The molecule has 5 heterocycles. The topological polar surface area (TPSA) is 65.1 Å². The number of aryl methyl sites for hydroxylation is 3. The molecular weight excluding hydrogens is 426 g/mol. The van der Waals surface area contributed by atoms with E-state index in [-0.39, 0.29) is 5.56 Å². The predicted octanol–water partition coefficient (Wildman–Crippen LogP) is 4.77. The molecule has 0 aliphatic carbocycles. The van der Waals surface area contributed by atoms with Crippen LogP contribution in [0.15, 0.2) is 58.9 Å². The van der Waals surface area contributed by atoms with Gasteiger partial charge < -0.3 is 4.40 Å². The molecule has 5 rings (SSSR count). The van der Waals surface area contributed by atoms with Crippen LogP contribution in [-0.4, -0.2) is 23.9 Å². The van der Waals surface area contributed by atoms with E-state index >= 15 is 0 Å². The van der Waals surface area contributed by atoms with Crippen LogP contribution in [0, 0.1) is 20.8 Å². The molecule has 0 fully saturated rings. The molecule has 0 saturated heterocycles. The van der Waals surface area contributed by atoms with E-state index < -0.39 is 0 Å². The third kappa shape index (κ3) is 3.66. The highest BCUT2D eigenvalue weighted by atomic mass is 32.2. The van der Waals surface area contributed by atoms with Gasteiger partial charge in [0.15, 0.2) is 5.16 Å². The first kappa shape index (κ1) is 20.0. The van der Waals surface area contributed by atoms with Crippen molar-refractivity contribution in [3.05, 3.63) is 86.7 Å². The van der Waals surface area contributed by atoms with Gasteiger partial charge >= 0.3 is 0 Å². The minimum Gasteiger partial charge on any atom is -0.307 e. The Bertz CT molecular complexity index is 1470. The largest absolute Gasteiger partial charge is 0.307 e. The molecule has 0 unspecified atom stereocenters. The van der Waals surface area contributed by atoms with Gasteiger partial charge in [-0.05, 0) is 50.1 Å². The molecule has 0 amide bonds. The predicted molar refractivity (Wildman–Crippen MR) is 126 cm³/mol. The molecule has 31 heavy (non-hydrogen) atoms. The highest BCUT2D eigenvalue weighted by molar-refractivity contribution is 7.98. The number of thiophene rings is 1. The van der Waals surface area contributed by atoms with E-state index in [1.54, 1.807) is 22.1 Å². The van der Waals surface area contributed by atoms with Gasteiger partial charge in [0, 0.05) is 29.2 Å². The van der Waals surface area contributed by atoms with Crippen LogP contribution >= 0.6 is 23.1 Å². The Morgan fingerprint density at radius 2 is 1.94 bits per heavy atom. The van der Waals surface area contributed by atoms with Crippen LogP contribution in [0.25, 0.3) is 15.9 Å². The van der Waals surface area contributed by atoms with Crippen LogP contribution < -0.4 is 5.56 Å². The zero-order chi connectivity index (χ0) is 21.5. The van der Waals surface area contributed by atoms with Crippen molar-refractivity contribution in [2.45, 2.75) is 38.2 Å². The standard InChI is InChI=1S/C23H21N5OS2/c1-14-7-6-10-27-11-18(25-20(14)27)13-30-23-26-21-19(15(2)16(3)31-21)22(29)28(23)12-17-8-4-5-9-24-17/h4-11H,12-13H2,1-3H3. The molecule has 0 saturated carbocycles. The van der Waals surface area contributed by atoms with Gasteiger partial charge in [-0.15, -0.1) is 11.3 Å². The van der Waals surface area contributed by atoms with E-state index in [1.807, 2.05) is 54.9 Å². The minimum absolute atomic E-state index is 0.00847. The smallest absolute Gasteiger partial charge is 0.263 e. The molecule has 0 aromatic carbocycles. The summed E-state index contributed by atoms with van der Waals surface area (Å²) in [7, 11) is 0. The summed E-state index contributed by atoms with van der Waals surface area (Å²) in [6, 6.07) is 9.82. The number of aromatic nitrogens is 5. The summed E-state index contributed by atoms with van der Waals surface area (Å²) >= 11 is 3.12. The molecule has 0 aliphatic heterocycles. The van der Waals surface area contributed by atoms with Gasteiger partial charge in [-0.25, -0.2) is 9.97 Å². The van der Waals surface area contributed by atoms with Gasteiger partial charge in [0.25, 0.3) is 5.56 Å². The Labute approximate surface area is 187 Å². The average molecular weight is 448 g/mol. The zero-order valence-electron chi connectivity index (χ0n) is 17.5. The Kier molecular flexibility index (Phi) is 5.11. The van der Waals surface area contributed by atoms with E-state index in [0.717, 1.165) is 37.9 Å². The quantitative estimate of drug-likeness (QED) is 0.287. The highest BCUT2D eigenvalue weighted by Gasteiger charge is 2.18. The second-order valence-electron chi connectivity index (χ2n) is 7.51. The Morgan fingerprint density at radius 1 is 1.06 bits per heavy atom. The van der Waals surface area contributed by atoms with Gasteiger partial charge in [-0.3, -0.25) is 14.3 Å². The summed E-state index contributed by atoms with van der Waals surface area (Å²) < 4.78 is 3.78. The van der Waals surface area contributed by atoms with E-state index in [1.165, 1.54) is 11.8 Å². The van der Waals surface area contributed by atoms with E-state index in [2.05, 4.69) is 18.0 Å². The SMILES string of the molecule is Cc1sc2nc(SCc3cn4cccc(C)c4n3)n(Cc3ccccn3)c(=O)c2c1C. The second kappa shape index (κ2) is 7.94. The molecule has 5 aromatic rings. The van der Waals surface area contributed by atoms with Gasteiger partial charge in [0.2, 0.25) is 0 Å². The monoisotopic (exact) mass is 447 g/mol. The maximum absolute atomic E-state index is 13.5. The first-order valence-corrected chi connectivity index (χ1v) is 11.8. The van der Waals surface area contributed by atoms with E-state index in [0.29, 0.717) is 22.8 Å². The molecule has 0 spiro atoms. The molecule has 156 valence electrons. The van der Waals surface area contributed by atoms with Crippen molar-refractivity contribution in [1.29, 1.82) is 0 Å². The van der Waals surface area contributed by atoms with Crippen LogP contribution in [0.2, 0.25) is 0 Å². The first-order chi connectivity index (χ1) is 15.0. The fourth-order valence-corrected chi connectivity index (χ4v) is 5.58. The number of pyridine rings is 2. The molecule has 0 atom stereocenters. The van der Waals surface area contributed by atoms with Crippen molar-refractivity contribution in [1.82, 2.24) is 23.9 Å². The lowest BCUT2D eigenvalue weighted by Crippen LogP contribution is -2.24. The summed E-state index contributed by atoms with van der Waals surface area (Å²) in [5.41, 5.74) is 4.88. The van der Waals surface area contributed by atoms with Crippen molar-refractivity contribution in [3.63, 3.8) is 0 Å².